The summed E-state index contributed by atoms with van der Waals surface area (Å²) in [5.74, 6) is 1.11. The molecule has 0 fully saturated rings. The lowest BCUT2D eigenvalue weighted by molar-refractivity contribution is -0.118. The Morgan fingerprint density at radius 1 is 1.18 bits per heavy atom. The van der Waals surface area contributed by atoms with Gasteiger partial charge < -0.3 is 5.73 Å². The number of anilines is 1. The summed E-state index contributed by atoms with van der Waals surface area (Å²) in [6.07, 6.45) is 3.09. The molecule has 1 unspecified atom stereocenters. The first kappa shape index (κ1) is 24.6. The van der Waals surface area contributed by atoms with E-state index in [1.54, 1.807) is 23.1 Å². The SMILES string of the molecule is CCSc1sc(CC)cc1C1C(C#N)=C(N)N(c2ccc(CC)cc2)C2=C1C(=O)CC(C)(C)C2. The molecule has 1 aliphatic heterocycles. The van der Waals surface area contributed by atoms with Crippen molar-refractivity contribution in [3.05, 3.63) is 69.0 Å². The first-order chi connectivity index (χ1) is 16.2. The molecule has 2 N–H and O–H groups in total. The highest BCUT2D eigenvalue weighted by Gasteiger charge is 2.45. The molecule has 0 amide bonds. The Morgan fingerprint density at radius 2 is 1.88 bits per heavy atom. The fourth-order valence-electron chi connectivity index (χ4n) is 5.05. The average molecular weight is 492 g/mol. The Hall–Kier alpha value is -2.49. The number of nitrogens with zero attached hydrogens (tertiary/aromatic N) is 2. The molecule has 2 aromatic rings. The van der Waals surface area contributed by atoms with E-state index in [1.807, 2.05) is 4.90 Å². The molecule has 34 heavy (non-hydrogen) atoms. The molecule has 1 atom stereocenters. The number of thiophene rings is 1. The predicted molar refractivity (Wildman–Crippen MR) is 143 cm³/mol. The first-order valence-corrected chi connectivity index (χ1v) is 13.8. The lowest BCUT2D eigenvalue weighted by Gasteiger charge is -2.43. The number of carbonyl (C=O) groups excluding carboxylic acids is 1. The number of Topliss-reactive ketones (excluding diaryl/α,β-unsaturated/α-hetero) is 1. The molecular formula is C28H33N3OS2. The van der Waals surface area contributed by atoms with Crippen molar-refractivity contribution >= 4 is 34.6 Å². The highest BCUT2D eigenvalue weighted by Crippen LogP contribution is 2.52. The zero-order valence-electron chi connectivity index (χ0n) is 20.7. The Morgan fingerprint density at radius 3 is 2.47 bits per heavy atom. The fourth-order valence-corrected chi connectivity index (χ4v) is 7.43. The molecular weight excluding hydrogens is 458 g/mol. The minimum atomic E-state index is -0.402. The summed E-state index contributed by atoms with van der Waals surface area (Å²) in [5, 5.41) is 10.4. The van der Waals surface area contributed by atoms with Gasteiger partial charge in [-0.2, -0.15) is 5.26 Å². The number of aryl methyl sites for hydroxylation is 2. The third-order valence-electron chi connectivity index (χ3n) is 6.69. The number of ketones is 1. The Labute approximate surface area is 211 Å². The molecule has 0 saturated heterocycles. The van der Waals surface area contributed by atoms with E-state index in [9.17, 15) is 10.1 Å². The highest BCUT2D eigenvalue weighted by atomic mass is 32.2. The topological polar surface area (TPSA) is 70.1 Å². The quantitative estimate of drug-likeness (QED) is 0.444. The summed E-state index contributed by atoms with van der Waals surface area (Å²) >= 11 is 3.56. The van der Waals surface area contributed by atoms with Crippen molar-refractivity contribution in [1.82, 2.24) is 0 Å². The minimum Gasteiger partial charge on any atom is -0.384 e. The molecule has 0 bridgehead atoms. The van der Waals surface area contributed by atoms with Gasteiger partial charge in [-0.1, -0.05) is 46.8 Å². The average Bonchev–Trinajstić information content (AvgIpc) is 3.20. The van der Waals surface area contributed by atoms with Crippen molar-refractivity contribution in [1.29, 1.82) is 5.26 Å². The molecule has 0 spiro atoms. The van der Waals surface area contributed by atoms with Crippen LogP contribution in [0.2, 0.25) is 0 Å². The number of nitrogens with two attached hydrogens (primary N) is 1. The summed E-state index contributed by atoms with van der Waals surface area (Å²) < 4.78 is 1.19. The molecule has 1 aromatic heterocycles. The van der Waals surface area contributed by atoms with Gasteiger partial charge in [0.05, 0.1) is 21.8 Å². The zero-order valence-corrected chi connectivity index (χ0v) is 22.3. The number of allylic oxidation sites excluding steroid dienone is 3. The second-order valence-electron chi connectivity index (χ2n) is 9.74. The molecule has 4 nitrogen and oxygen atoms in total. The second-order valence-corrected chi connectivity index (χ2v) is 12.4. The first-order valence-electron chi connectivity index (χ1n) is 12.0. The molecule has 6 heteroatoms. The Bertz CT molecular complexity index is 1210. The summed E-state index contributed by atoms with van der Waals surface area (Å²) in [7, 11) is 0. The van der Waals surface area contributed by atoms with E-state index in [-0.39, 0.29) is 11.2 Å². The van der Waals surface area contributed by atoms with E-state index in [1.165, 1.54) is 14.6 Å². The summed E-state index contributed by atoms with van der Waals surface area (Å²) in [6.45, 7) is 10.7. The normalized spacial score (nSPS) is 19.9. The smallest absolute Gasteiger partial charge is 0.162 e. The van der Waals surface area contributed by atoms with Gasteiger partial charge in [-0.15, -0.1) is 23.1 Å². The number of hydrogen-bond donors (Lipinski definition) is 1. The van der Waals surface area contributed by atoms with E-state index in [4.69, 9.17) is 5.73 Å². The van der Waals surface area contributed by atoms with E-state index in [0.29, 0.717) is 17.8 Å². The van der Waals surface area contributed by atoms with Gasteiger partial charge >= 0.3 is 0 Å². The van der Waals surface area contributed by atoms with Gasteiger partial charge in [0.1, 0.15) is 5.82 Å². The predicted octanol–water partition coefficient (Wildman–Crippen LogP) is 6.93. The molecule has 1 aliphatic carbocycles. The van der Waals surface area contributed by atoms with Crippen LogP contribution in [0.25, 0.3) is 0 Å². The molecule has 0 radical (unpaired) electrons. The molecule has 2 heterocycles. The van der Waals surface area contributed by atoms with Crippen molar-refractivity contribution in [3.8, 4) is 6.07 Å². The van der Waals surface area contributed by atoms with E-state index >= 15 is 0 Å². The maximum atomic E-state index is 13.8. The lowest BCUT2D eigenvalue weighted by atomic mass is 9.69. The number of hydrogen-bond acceptors (Lipinski definition) is 6. The van der Waals surface area contributed by atoms with E-state index in [0.717, 1.165) is 47.5 Å². The second kappa shape index (κ2) is 9.64. The molecule has 1 aromatic carbocycles. The van der Waals surface area contributed by atoms with Crippen LogP contribution < -0.4 is 10.6 Å². The van der Waals surface area contributed by atoms with Crippen molar-refractivity contribution in [2.45, 2.75) is 70.4 Å². The largest absolute Gasteiger partial charge is 0.384 e. The maximum absolute atomic E-state index is 13.8. The third kappa shape index (κ3) is 4.32. The van der Waals surface area contributed by atoms with Crippen LogP contribution in [0.1, 0.15) is 69.4 Å². The van der Waals surface area contributed by atoms with E-state index < -0.39 is 5.92 Å². The standard InChI is InChI=1S/C28H33N3OS2/c1-6-17-9-11-18(12-10-17)31-22-14-28(4,5)15-23(32)25(22)24(21(16-29)26(31)30)20-13-19(7-2)34-27(20)33-8-3/h9-13,24H,6-8,14-15,30H2,1-5H3. The van der Waals surface area contributed by atoms with Crippen LogP contribution in [0.5, 0.6) is 0 Å². The summed E-state index contributed by atoms with van der Waals surface area (Å²) in [4.78, 5) is 17.0. The van der Waals surface area contributed by atoms with Gasteiger partial charge in [0.15, 0.2) is 5.78 Å². The fraction of sp³-hybridized carbons (Fsp3) is 0.429. The number of benzene rings is 1. The van der Waals surface area contributed by atoms with Gasteiger partial charge in [0.25, 0.3) is 0 Å². The van der Waals surface area contributed by atoms with Gasteiger partial charge in [-0.05, 0) is 59.8 Å². The van der Waals surface area contributed by atoms with Crippen LogP contribution in [0.4, 0.5) is 5.69 Å². The van der Waals surface area contributed by atoms with Crippen LogP contribution in [0.15, 0.2) is 57.2 Å². The van der Waals surface area contributed by atoms with Crippen LogP contribution >= 0.6 is 23.1 Å². The Kier molecular flexibility index (Phi) is 6.98. The number of nitriles is 1. The van der Waals surface area contributed by atoms with Crippen LogP contribution in [-0.4, -0.2) is 11.5 Å². The summed E-state index contributed by atoms with van der Waals surface area (Å²) in [6, 6.07) is 12.9. The maximum Gasteiger partial charge on any atom is 0.162 e. The number of carbonyl (C=O) groups is 1. The third-order valence-corrected chi connectivity index (χ3v) is 9.17. The van der Waals surface area contributed by atoms with Gasteiger partial charge in [0, 0.05) is 28.3 Å². The van der Waals surface area contributed by atoms with Crippen LogP contribution in [0, 0.1) is 16.7 Å². The molecule has 0 saturated carbocycles. The monoisotopic (exact) mass is 491 g/mol. The molecule has 4 rings (SSSR count). The number of thioether (sulfide) groups is 1. The lowest BCUT2D eigenvalue weighted by Crippen LogP contribution is -2.42. The molecule has 2 aliphatic rings. The molecule has 178 valence electrons. The van der Waals surface area contributed by atoms with Gasteiger partial charge in [0.2, 0.25) is 0 Å². The van der Waals surface area contributed by atoms with Crippen LogP contribution in [0.3, 0.4) is 0 Å². The number of rotatable bonds is 6. The zero-order chi connectivity index (χ0) is 24.6. The van der Waals surface area contributed by atoms with Gasteiger partial charge in [-0.3, -0.25) is 9.69 Å². The minimum absolute atomic E-state index is 0.128. The van der Waals surface area contributed by atoms with Crippen molar-refractivity contribution < 1.29 is 4.79 Å². The van der Waals surface area contributed by atoms with Crippen molar-refractivity contribution in [2.75, 3.05) is 10.7 Å². The van der Waals surface area contributed by atoms with Crippen molar-refractivity contribution in [2.24, 2.45) is 11.1 Å². The van der Waals surface area contributed by atoms with E-state index in [2.05, 4.69) is 71.0 Å². The Balaban J connectivity index is 1.98. The van der Waals surface area contributed by atoms with Crippen LogP contribution in [-0.2, 0) is 17.6 Å². The highest BCUT2D eigenvalue weighted by molar-refractivity contribution is 8.01. The van der Waals surface area contributed by atoms with Gasteiger partial charge in [-0.25, -0.2) is 0 Å². The van der Waals surface area contributed by atoms with Crippen molar-refractivity contribution in [3.63, 3.8) is 0 Å². The summed E-state index contributed by atoms with van der Waals surface area (Å²) in [5.41, 5.74) is 12.0.